The van der Waals surface area contributed by atoms with E-state index in [0.717, 1.165) is 28.7 Å². The first-order valence-electron chi connectivity index (χ1n) is 9.31. The van der Waals surface area contributed by atoms with Crippen LogP contribution < -0.4 is 0 Å². The van der Waals surface area contributed by atoms with Crippen LogP contribution in [0.15, 0.2) is 59.1 Å². The van der Waals surface area contributed by atoms with Crippen molar-refractivity contribution in [1.29, 1.82) is 0 Å². The van der Waals surface area contributed by atoms with Crippen molar-refractivity contribution in [1.82, 2.24) is 5.16 Å². The van der Waals surface area contributed by atoms with Crippen LogP contribution in [0.4, 0.5) is 0 Å². The Morgan fingerprint density at radius 3 is 2.63 bits per heavy atom. The van der Waals surface area contributed by atoms with Crippen LogP contribution in [0.1, 0.15) is 42.4 Å². The molecule has 2 nitrogen and oxygen atoms in total. The number of rotatable bonds is 3. The SMILES string of the molecule is Clc1ccc([C@H]2CC3CCC(S3)C2c2cc(-c3ccccc3)no2)cc1Cl. The third-order valence-electron chi connectivity index (χ3n) is 5.79. The summed E-state index contributed by atoms with van der Waals surface area (Å²) in [5, 5.41) is 6.90. The van der Waals surface area contributed by atoms with E-state index >= 15 is 0 Å². The van der Waals surface area contributed by atoms with Crippen molar-refractivity contribution < 1.29 is 4.52 Å². The molecule has 5 heteroatoms. The molecule has 3 unspecified atom stereocenters. The monoisotopic (exact) mass is 415 g/mol. The number of nitrogens with zero attached hydrogens (tertiary/aromatic N) is 1. The Morgan fingerprint density at radius 1 is 0.963 bits per heavy atom. The van der Waals surface area contributed by atoms with E-state index in [-0.39, 0.29) is 0 Å². The average molecular weight is 416 g/mol. The third kappa shape index (κ3) is 3.30. The van der Waals surface area contributed by atoms with E-state index in [9.17, 15) is 0 Å². The minimum atomic E-state index is 0.316. The lowest BCUT2D eigenvalue weighted by atomic mass is 9.80. The van der Waals surface area contributed by atoms with E-state index in [2.05, 4.69) is 41.2 Å². The fourth-order valence-electron chi connectivity index (χ4n) is 4.52. The van der Waals surface area contributed by atoms with Crippen molar-refractivity contribution in [2.75, 3.05) is 0 Å². The Balaban J connectivity index is 1.53. The lowest BCUT2D eigenvalue weighted by Crippen LogP contribution is -2.26. The van der Waals surface area contributed by atoms with E-state index in [0.29, 0.717) is 27.1 Å². The molecule has 0 spiro atoms. The number of hydrogen-bond donors (Lipinski definition) is 0. The molecule has 0 aliphatic carbocycles. The van der Waals surface area contributed by atoms with Crippen LogP contribution in [-0.4, -0.2) is 15.7 Å². The molecule has 2 bridgehead atoms. The van der Waals surface area contributed by atoms with Gasteiger partial charge in [0.1, 0.15) is 11.5 Å². The molecule has 2 fully saturated rings. The summed E-state index contributed by atoms with van der Waals surface area (Å²) in [5.74, 6) is 1.69. The molecule has 4 atom stereocenters. The van der Waals surface area contributed by atoms with E-state index in [1.165, 1.54) is 18.4 Å². The summed E-state index contributed by atoms with van der Waals surface area (Å²) in [4.78, 5) is 0. The fourth-order valence-corrected chi connectivity index (χ4v) is 6.68. The molecular weight excluding hydrogens is 397 g/mol. The van der Waals surface area contributed by atoms with Crippen molar-refractivity contribution in [3.8, 4) is 11.3 Å². The maximum absolute atomic E-state index is 6.33. The summed E-state index contributed by atoms with van der Waals surface area (Å²) in [6.07, 6.45) is 3.66. The van der Waals surface area contributed by atoms with Gasteiger partial charge in [-0.3, -0.25) is 0 Å². The Kier molecular flexibility index (Phi) is 4.71. The van der Waals surface area contributed by atoms with E-state index in [4.69, 9.17) is 27.7 Å². The number of halogens is 2. The molecule has 2 aromatic carbocycles. The van der Waals surface area contributed by atoms with Crippen LogP contribution in [0.3, 0.4) is 0 Å². The van der Waals surface area contributed by atoms with Crippen LogP contribution in [0.25, 0.3) is 11.3 Å². The van der Waals surface area contributed by atoms with Gasteiger partial charge < -0.3 is 4.52 Å². The highest BCUT2D eigenvalue weighted by atomic mass is 35.5. The lowest BCUT2D eigenvalue weighted by Gasteiger charge is -2.35. The standard InChI is InChI=1S/C22H19Cl2NOS/c23-17-8-6-14(10-18(17)24)16-11-15-7-9-21(27-15)22(16)20-12-19(25-26-20)13-4-2-1-3-5-13/h1-6,8,10,12,15-16,21-22H,7,9,11H2/t15?,16-,21?,22?/m1/s1. The molecule has 0 N–H and O–H groups in total. The van der Waals surface area contributed by atoms with Crippen LogP contribution >= 0.6 is 35.0 Å². The molecule has 0 radical (unpaired) electrons. The summed E-state index contributed by atoms with van der Waals surface area (Å²) < 4.78 is 5.89. The summed E-state index contributed by atoms with van der Waals surface area (Å²) in [5.41, 5.74) is 3.25. The number of thioether (sulfide) groups is 1. The normalized spacial score (nSPS) is 27.0. The Labute approximate surface area is 173 Å². The fraction of sp³-hybridized carbons (Fsp3) is 0.318. The molecular formula is C22H19Cl2NOS. The topological polar surface area (TPSA) is 26.0 Å². The largest absolute Gasteiger partial charge is 0.360 e. The van der Waals surface area contributed by atoms with Gasteiger partial charge in [0, 0.05) is 28.0 Å². The molecule has 2 saturated heterocycles. The molecule has 138 valence electrons. The van der Waals surface area contributed by atoms with E-state index in [1.54, 1.807) is 0 Å². The van der Waals surface area contributed by atoms with Gasteiger partial charge in [-0.05, 0) is 42.9 Å². The number of hydrogen-bond acceptors (Lipinski definition) is 3. The maximum Gasteiger partial charge on any atom is 0.142 e. The Bertz CT molecular complexity index is 958. The van der Waals surface area contributed by atoms with Crippen molar-refractivity contribution >= 4 is 35.0 Å². The second-order valence-electron chi connectivity index (χ2n) is 7.40. The van der Waals surface area contributed by atoms with Crippen molar-refractivity contribution in [2.45, 2.75) is 41.6 Å². The number of fused-ring (bicyclic) bond motifs is 2. The van der Waals surface area contributed by atoms with Gasteiger partial charge in [-0.1, -0.05) is 64.8 Å². The molecule has 3 aromatic rings. The highest BCUT2D eigenvalue weighted by molar-refractivity contribution is 8.00. The highest BCUT2D eigenvalue weighted by Gasteiger charge is 2.45. The molecule has 0 saturated carbocycles. The molecule has 3 heterocycles. The van der Waals surface area contributed by atoms with E-state index < -0.39 is 0 Å². The smallest absolute Gasteiger partial charge is 0.142 e. The summed E-state index contributed by atoms with van der Waals surface area (Å²) in [7, 11) is 0. The second kappa shape index (κ2) is 7.20. The first kappa shape index (κ1) is 17.7. The van der Waals surface area contributed by atoms with Crippen LogP contribution in [-0.2, 0) is 0 Å². The third-order valence-corrected chi connectivity index (χ3v) is 8.22. The van der Waals surface area contributed by atoms with Crippen LogP contribution in [0.2, 0.25) is 10.0 Å². The van der Waals surface area contributed by atoms with Gasteiger partial charge in [0.2, 0.25) is 0 Å². The zero-order valence-corrected chi connectivity index (χ0v) is 17.0. The van der Waals surface area contributed by atoms with Crippen molar-refractivity contribution in [2.24, 2.45) is 0 Å². The molecule has 2 aliphatic heterocycles. The second-order valence-corrected chi connectivity index (χ2v) is 9.75. The zero-order valence-electron chi connectivity index (χ0n) is 14.6. The van der Waals surface area contributed by atoms with Crippen molar-refractivity contribution in [3.05, 3.63) is 76.0 Å². The first-order valence-corrected chi connectivity index (χ1v) is 11.0. The van der Waals surface area contributed by atoms with E-state index in [1.807, 2.05) is 30.3 Å². The predicted octanol–water partition coefficient (Wildman–Crippen LogP) is 7.18. The van der Waals surface area contributed by atoms with Gasteiger partial charge in [-0.25, -0.2) is 0 Å². The van der Waals surface area contributed by atoms with Gasteiger partial charge in [-0.2, -0.15) is 11.8 Å². The molecule has 5 rings (SSSR count). The Morgan fingerprint density at radius 2 is 1.81 bits per heavy atom. The Hall–Kier alpha value is -1.42. The van der Waals surface area contributed by atoms with Crippen LogP contribution in [0.5, 0.6) is 0 Å². The quantitative estimate of drug-likeness (QED) is 0.452. The van der Waals surface area contributed by atoms with Gasteiger partial charge in [0.25, 0.3) is 0 Å². The summed E-state index contributed by atoms with van der Waals surface area (Å²) >= 11 is 14.6. The number of benzene rings is 2. The van der Waals surface area contributed by atoms with Gasteiger partial charge in [0.15, 0.2) is 0 Å². The summed E-state index contributed by atoms with van der Waals surface area (Å²) in [6.45, 7) is 0. The van der Waals surface area contributed by atoms with Crippen LogP contribution in [0, 0.1) is 0 Å². The molecule has 2 aliphatic rings. The average Bonchev–Trinajstić information content (AvgIpc) is 3.32. The van der Waals surface area contributed by atoms with Gasteiger partial charge in [0.05, 0.1) is 10.0 Å². The number of aromatic nitrogens is 1. The maximum atomic E-state index is 6.33. The minimum Gasteiger partial charge on any atom is -0.360 e. The molecule has 27 heavy (non-hydrogen) atoms. The van der Waals surface area contributed by atoms with Gasteiger partial charge >= 0.3 is 0 Å². The minimum absolute atomic E-state index is 0.316. The first-order chi connectivity index (χ1) is 13.2. The molecule has 0 amide bonds. The lowest BCUT2D eigenvalue weighted by molar-refractivity contribution is 0.334. The van der Waals surface area contributed by atoms with Crippen molar-refractivity contribution in [3.63, 3.8) is 0 Å². The highest BCUT2D eigenvalue weighted by Crippen LogP contribution is 2.56. The van der Waals surface area contributed by atoms with Gasteiger partial charge in [-0.15, -0.1) is 0 Å². The molecule has 1 aromatic heterocycles. The zero-order chi connectivity index (χ0) is 18.4. The predicted molar refractivity (Wildman–Crippen MR) is 113 cm³/mol. The summed E-state index contributed by atoms with van der Waals surface area (Å²) in [6, 6.07) is 18.4.